The summed E-state index contributed by atoms with van der Waals surface area (Å²) >= 11 is 6.05. The second-order valence-corrected chi connectivity index (χ2v) is 6.56. The molecule has 2 amide bonds. The molecule has 0 aromatic heterocycles. The first kappa shape index (κ1) is 18.0. The molecule has 1 spiro atoms. The van der Waals surface area contributed by atoms with Crippen LogP contribution in [0.2, 0.25) is 5.02 Å². The number of halogens is 1. The first-order chi connectivity index (χ1) is 11.9. The van der Waals surface area contributed by atoms with Crippen molar-refractivity contribution in [2.75, 3.05) is 38.7 Å². The van der Waals surface area contributed by atoms with Crippen molar-refractivity contribution in [3.05, 3.63) is 22.7 Å². The van der Waals surface area contributed by atoms with Crippen LogP contribution in [0.25, 0.3) is 0 Å². The molecule has 8 heteroatoms. The monoisotopic (exact) mass is 368 g/mol. The van der Waals surface area contributed by atoms with Crippen LogP contribution in [0.1, 0.15) is 18.4 Å². The first-order valence-corrected chi connectivity index (χ1v) is 8.54. The number of amides is 2. The number of nitrogens with zero attached hydrogens (tertiary/aromatic N) is 1. The van der Waals surface area contributed by atoms with E-state index in [0.717, 1.165) is 5.56 Å². The number of likely N-dealkylation sites (tertiary alicyclic amines) is 1. The van der Waals surface area contributed by atoms with Gasteiger partial charge in [0, 0.05) is 37.0 Å². The number of nitrogens with one attached hydrogen (secondary N) is 1. The number of piperidine rings is 1. The molecule has 25 heavy (non-hydrogen) atoms. The van der Waals surface area contributed by atoms with Gasteiger partial charge >= 0.3 is 11.8 Å². The molecule has 0 saturated carbocycles. The van der Waals surface area contributed by atoms with E-state index in [1.165, 1.54) is 12.0 Å². The second-order valence-electron chi connectivity index (χ2n) is 6.16. The van der Waals surface area contributed by atoms with Crippen molar-refractivity contribution < 1.29 is 23.8 Å². The maximum absolute atomic E-state index is 12.4. The maximum Gasteiger partial charge on any atom is 0.314 e. The highest BCUT2D eigenvalue weighted by atomic mass is 35.5. The van der Waals surface area contributed by atoms with Gasteiger partial charge in [0.05, 0.1) is 26.0 Å². The van der Waals surface area contributed by atoms with Crippen LogP contribution in [-0.2, 0) is 19.1 Å². The molecule has 0 aliphatic carbocycles. The number of hydrogen-bond donors (Lipinski definition) is 1. The molecule has 2 aliphatic heterocycles. The van der Waals surface area contributed by atoms with E-state index in [1.54, 1.807) is 12.1 Å². The Morgan fingerprint density at radius 3 is 2.48 bits per heavy atom. The van der Waals surface area contributed by atoms with E-state index in [0.29, 0.717) is 55.6 Å². The summed E-state index contributed by atoms with van der Waals surface area (Å²) in [6, 6.07) is 3.29. The SMILES string of the molecule is COc1cc(Cl)c(C)cc1NC(=O)C(=O)N1CCC2(CC1)OCCO2. The summed E-state index contributed by atoms with van der Waals surface area (Å²) < 4.78 is 16.5. The number of methoxy groups -OCH3 is 1. The van der Waals surface area contributed by atoms with Crippen molar-refractivity contribution in [2.45, 2.75) is 25.6 Å². The normalized spacial score (nSPS) is 19.1. The lowest BCUT2D eigenvalue weighted by atomic mass is 10.0. The van der Waals surface area contributed by atoms with Crippen molar-refractivity contribution in [3.63, 3.8) is 0 Å². The van der Waals surface area contributed by atoms with Gasteiger partial charge in [-0.3, -0.25) is 9.59 Å². The fraction of sp³-hybridized carbons (Fsp3) is 0.529. The molecular formula is C17H21ClN2O5. The predicted molar refractivity (Wildman–Crippen MR) is 91.8 cm³/mol. The molecule has 0 unspecified atom stereocenters. The fourth-order valence-corrected chi connectivity index (χ4v) is 3.24. The van der Waals surface area contributed by atoms with E-state index in [1.807, 2.05) is 6.92 Å². The lowest BCUT2D eigenvalue weighted by Crippen LogP contribution is -2.50. The van der Waals surface area contributed by atoms with Gasteiger partial charge in [-0.1, -0.05) is 11.6 Å². The molecule has 2 heterocycles. The summed E-state index contributed by atoms with van der Waals surface area (Å²) in [6.07, 6.45) is 1.13. The number of carbonyl (C=O) groups is 2. The van der Waals surface area contributed by atoms with Gasteiger partial charge in [0.1, 0.15) is 5.75 Å². The molecule has 2 aliphatic rings. The van der Waals surface area contributed by atoms with Gasteiger partial charge in [0.2, 0.25) is 0 Å². The van der Waals surface area contributed by atoms with Crippen molar-refractivity contribution in [2.24, 2.45) is 0 Å². The number of aryl methyl sites for hydroxylation is 1. The van der Waals surface area contributed by atoms with Gasteiger partial charge in [-0.15, -0.1) is 0 Å². The summed E-state index contributed by atoms with van der Waals surface area (Å²) in [5.74, 6) is -1.46. The van der Waals surface area contributed by atoms with Crippen LogP contribution >= 0.6 is 11.6 Å². The number of rotatable bonds is 2. The molecule has 0 bridgehead atoms. The number of ether oxygens (including phenoxy) is 3. The number of anilines is 1. The number of hydrogen-bond acceptors (Lipinski definition) is 5. The standard InChI is InChI=1S/C17H21ClN2O5/c1-11-9-13(14(23-2)10-12(11)18)19-15(21)16(22)20-5-3-17(4-6-20)24-7-8-25-17/h9-10H,3-8H2,1-2H3,(H,19,21). The minimum atomic E-state index is -0.704. The smallest absolute Gasteiger partial charge is 0.314 e. The highest BCUT2D eigenvalue weighted by Crippen LogP contribution is 2.32. The summed E-state index contributed by atoms with van der Waals surface area (Å²) in [5, 5.41) is 3.14. The molecule has 1 aromatic rings. The van der Waals surface area contributed by atoms with Crippen molar-refractivity contribution >= 4 is 29.1 Å². The largest absolute Gasteiger partial charge is 0.495 e. The molecule has 136 valence electrons. The Morgan fingerprint density at radius 1 is 1.24 bits per heavy atom. The first-order valence-electron chi connectivity index (χ1n) is 8.16. The molecule has 2 fully saturated rings. The van der Waals surface area contributed by atoms with Crippen molar-refractivity contribution in [1.82, 2.24) is 4.90 Å². The Kier molecular flexibility index (Phi) is 5.17. The van der Waals surface area contributed by atoms with Gasteiger partial charge in [-0.05, 0) is 18.6 Å². The molecule has 0 atom stereocenters. The molecule has 3 rings (SSSR count). The van der Waals surface area contributed by atoms with E-state index in [9.17, 15) is 9.59 Å². The number of carbonyl (C=O) groups excluding carboxylic acids is 2. The van der Waals surface area contributed by atoms with Crippen LogP contribution in [-0.4, -0.2) is 55.9 Å². The second kappa shape index (κ2) is 7.19. The van der Waals surface area contributed by atoms with E-state index >= 15 is 0 Å². The summed E-state index contributed by atoms with van der Waals surface area (Å²) in [6.45, 7) is 3.80. The summed E-state index contributed by atoms with van der Waals surface area (Å²) in [4.78, 5) is 26.3. The van der Waals surface area contributed by atoms with Gasteiger partial charge in [-0.25, -0.2) is 0 Å². The Bertz CT molecular complexity index is 678. The number of benzene rings is 1. The van der Waals surface area contributed by atoms with Gasteiger partial charge in [-0.2, -0.15) is 0 Å². The van der Waals surface area contributed by atoms with Crippen LogP contribution in [0.4, 0.5) is 5.69 Å². The highest BCUT2D eigenvalue weighted by molar-refractivity contribution is 6.39. The quantitative estimate of drug-likeness (QED) is 0.807. The molecule has 2 saturated heterocycles. The molecule has 1 N–H and O–H groups in total. The van der Waals surface area contributed by atoms with Gasteiger partial charge < -0.3 is 24.4 Å². The summed E-state index contributed by atoms with van der Waals surface area (Å²) in [7, 11) is 1.48. The Labute approximate surface area is 151 Å². The maximum atomic E-state index is 12.4. The third-order valence-electron chi connectivity index (χ3n) is 4.55. The predicted octanol–water partition coefficient (Wildman–Crippen LogP) is 1.96. The minimum Gasteiger partial charge on any atom is -0.495 e. The third kappa shape index (κ3) is 3.73. The summed E-state index contributed by atoms with van der Waals surface area (Å²) in [5.41, 5.74) is 1.19. The zero-order valence-electron chi connectivity index (χ0n) is 14.3. The highest BCUT2D eigenvalue weighted by Gasteiger charge is 2.41. The lowest BCUT2D eigenvalue weighted by Gasteiger charge is -2.37. The van der Waals surface area contributed by atoms with Crippen LogP contribution in [0.15, 0.2) is 12.1 Å². The van der Waals surface area contributed by atoms with Crippen LogP contribution < -0.4 is 10.1 Å². The third-order valence-corrected chi connectivity index (χ3v) is 4.96. The average molecular weight is 369 g/mol. The zero-order valence-corrected chi connectivity index (χ0v) is 15.0. The van der Waals surface area contributed by atoms with Crippen LogP contribution in [0.5, 0.6) is 5.75 Å². The van der Waals surface area contributed by atoms with E-state index in [-0.39, 0.29) is 0 Å². The molecule has 1 aromatic carbocycles. The van der Waals surface area contributed by atoms with E-state index < -0.39 is 17.6 Å². The lowest BCUT2D eigenvalue weighted by molar-refractivity contribution is -0.187. The molecular weight excluding hydrogens is 348 g/mol. The Hall–Kier alpha value is -1.83. The van der Waals surface area contributed by atoms with E-state index in [2.05, 4.69) is 5.32 Å². The Morgan fingerprint density at radius 2 is 1.88 bits per heavy atom. The van der Waals surface area contributed by atoms with Crippen molar-refractivity contribution in [1.29, 1.82) is 0 Å². The minimum absolute atomic E-state index is 0.405. The molecule has 0 radical (unpaired) electrons. The fourth-order valence-electron chi connectivity index (χ4n) is 3.09. The van der Waals surface area contributed by atoms with Crippen LogP contribution in [0.3, 0.4) is 0 Å². The Balaban J connectivity index is 1.64. The molecule has 7 nitrogen and oxygen atoms in total. The van der Waals surface area contributed by atoms with Crippen molar-refractivity contribution in [3.8, 4) is 5.75 Å². The van der Waals surface area contributed by atoms with E-state index in [4.69, 9.17) is 25.8 Å². The van der Waals surface area contributed by atoms with Gasteiger partial charge in [0.15, 0.2) is 5.79 Å². The topological polar surface area (TPSA) is 77.1 Å². The average Bonchev–Trinajstić information content (AvgIpc) is 3.06. The van der Waals surface area contributed by atoms with Crippen LogP contribution in [0, 0.1) is 6.92 Å². The zero-order chi connectivity index (χ0) is 18.0. The van der Waals surface area contributed by atoms with Gasteiger partial charge in [0.25, 0.3) is 0 Å².